The minimum atomic E-state index is 0.633. The van der Waals surface area contributed by atoms with Gasteiger partial charge in [0.05, 0.1) is 11.0 Å². The van der Waals surface area contributed by atoms with Crippen LogP contribution in [-0.4, -0.2) is 19.5 Å². The highest BCUT2D eigenvalue weighted by molar-refractivity contribution is 6.16. The molecule has 4 nitrogen and oxygen atoms in total. The molecule has 0 bridgehead atoms. The molecule has 0 saturated carbocycles. The van der Waals surface area contributed by atoms with Gasteiger partial charge in [0.2, 0.25) is 0 Å². The summed E-state index contributed by atoms with van der Waals surface area (Å²) in [6.07, 6.45) is 0. The maximum atomic E-state index is 5.18. The molecule has 4 heteroatoms. The van der Waals surface area contributed by atoms with E-state index in [4.69, 9.17) is 15.0 Å². The second-order valence-corrected chi connectivity index (χ2v) is 13.7. The lowest BCUT2D eigenvalue weighted by Crippen LogP contribution is -2.00. The number of nitrogens with zero attached hydrogens (tertiary/aromatic N) is 4. The van der Waals surface area contributed by atoms with Gasteiger partial charge in [-0.3, -0.25) is 0 Å². The highest BCUT2D eigenvalue weighted by Gasteiger charge is 2.20. The van der Waals surface area contributed by atoms with Crippen molar-refractivity contribution in [1.29, 1.82) is 0 Å². The lowest BCUT2D eigenvalue weighted by atomic mass is 9.92. The molecule has 0 unspecified atom stereocenters. The highest BCUT2D eigenvalue weighted by Crippen LogP contribution is 2.41. The fourth-order valence-electron chi connectivity index (χ4n) is 7.61. The minimum absolute atomic E-state index is 0.633. The minimum Gasteiger partial charge on any atom is -0.309 e. The van der Waals surface area contributed by atoms with Gasteiger partial charge in [-0.25, -0.2) is 15.0 Å². The number of rotatable bonds is 7. The molecular weight excluding hydrogens is 669 g/mol. The zero-order valence-corrected chi connectivity index (χ0v) is 29.9. The Balaban J connectivity index is 1.24. The van der Waals surface area contributed by atoms with Crippen molar-refractivity contribution < 1.29 is 0 Å². The fourth-order valence-corrected chi connectivity index (χ4v) is 7.61. The first-order chi connectivity index (χ1) is 27.3. The van der Waals surface area contributed by atoms with Gasteiger partial charge >= 0.3 is 0 Å². The summed E-state index contributed by atoms with van der Waals surface area (Å²) in [5, 5.41) is 2.22. The maximum absolute atomic E-state index is 5.18. The molecule has 0 spiro atoms. The molecule has 0 saturated heterocycles. The van der Waals surface area contributed by atoms with E-state index in [-0.39, 0.29) is 0 Å². The van der Waals surface area contributed by atoms with Crippen LogP contribution >= 0.6 is 0 Å². The molecule has 0 fully saturated rings. The van der Waals surface area contributed by atoms with E-state index in [1.807, 2.05) is 36.4 Å². The van der Waals surface area contributed by atoms with Gasteiger partial charge in [0.25, 0.3) is 0 Å². The monoisotopic (exact) mass is 702 g/mol. The van der Waals surface area contributed by atoms with E-state index in [0.29, 0.717) is 17.5 Å². The van der Waals surface area contributed by atoms with Crippen LogP contribution in [-0.2, 0) is 0 Å². The van der Waals surface area contributed by atoms with E-state index in [9.17, 15) is 0 Å². The molecule has 0 aliphatic carbocycles. The molecule has 10 rings (SSSR count). The van der Waals surface area contributed by atoms with Crippen molar-refractivity contribution in [3.05, 3.63) is 206 Å². The van der Waals surface area contributed by atoms with Gasteiger partial charge in [-0.05, 0) is 81.9 Å². The van der Waals surface area contributed by atoms with Crippen LogP contribution in [0.4, 0.5) is 0 Å². The number of para-hydroxylation sites is 1. The van der Waals surface area contributed by atoms with E-state index >= 15 is 0 Å². The summed E-state index contributed by atoms with van der Waals surface area (Å²) in [6.45, 7) is 0. The smallest absolute Gasteiger partial charge is 0.164 e. The fraction of sp³-hybridized carbons (Fsp3) is 0. The Morgan fingerprint density at radius 1 is 0.291 bits per heavy atom. The predicted octanol–water partition coefficient (Wildman–Crippen LogP) is 13.0. The summed E-state index contributed by atoms with van der Waals surface area (Å²) < 4.78 is 2.35. The molecule has 2 heterocycles. The summed E-state index contributed by atoms with van der Waals surface area (Å²) in [4.78, 5) is 15.3. The average Bonchev–Trinajstić information content (AvgIpc) is 3.61. The second kappa shape index (κ2) is 13.8. The van der Waals surface area contributed by atoms with Gasteiger partial charge in [0.15, 0.2) is 17.5 Å². The number of hydrogen-bond donors (Lipinski definition) is 0. The van der Waals surface area contributed by atoms with Gasteiger partial charge in [-0.1, -0.05) is 158 Å². The third-order valence-corrected chi connectivity index (χ3v) is 10.2. The molecule has 55 heavy (non-hydrogen) atoms. The van der Waals surface area contributed by atoms with Crippen molar-refractivity contribution in [3.63, 3.8) is 0 Å². The van der Waals surface area contributed by atoms with E-state index in [0.717, 1.165) is 55.3 Å². The van der Waals surface area contributed by atoms with Crippen molar-refractivity contribution in [3.8, 4) is 73.2 Å². The summed E-state index contributed by atoms with van der Waals surface area (Å²) >= 11 is 0. The molecule has 0 atom stereocenters. The lowest BCUT2D eigenvalue weighted by Gasteiger charge is -2.12. The van der Waals surface area contributed by atoms with Crippen molar-refractivity contribution >= 4 is 21.8 Å². The van der Waals surface area contributed by atoms with Crippen LogP contribution < -0.4 is 0 Å². The predicted molar refractivity (Wildman–Crippen MR) is 227 cm³/mol. The third kappa shape index (κ3) is 6.06. The van der Waals surface area contributed by atoms with Crippen LogP contribution in [0.2, 0.25) is 0 Å². The van der Waals surface area contributed by atoms with Crippen LogP contribution in [0.5, 0.6) is 0 Å². The Bertz CT molecular complexity index is 2820. The molecule has 0 aliphatic heterocycles. The van der Waals surface area contributed by atoms with Crippen LogP contribution in [0.15, 0.2) is 206 Å². The summed E-state index contributed by atoms with van der Waals surface area (Å²) in [5.74, 6) is 1.91. The summed E-state index contributed by atoms with van der Waals surface area (Å²) in [5.41, 5.74) is 13.1. The first kappa shape index (κ1) is 32.2. The van der Waals surface area contributed by atoms with E-state index < -0.39 is 0 Å². The molecule has 2 aromatic heterocycles. The van der Waals surface area contributed by atoms with Crippen LogP contribution in [0.25, 0.3) is 95.0 Å². The lowest BCUT2D eigenvalue weighted by molar-refractivity contribution is 1.08. The normalized spacial score (nSPS) is 11.3. The molecule has 258 valence electrons. The van der Waals surface area contributed by atoms with Gasteiger partial charge in [-0.15, -0.1) is 0 Å². The van der Waals surface area contributed by atoms with Crippen molar-refractivity contribution in [2.75, 3.05) is 0 Å². The van der Waals surface area contributed by atoms with Crippen LogP contribution in [0.1, 0.15) is 0 Å². The first-order valence-electron chi connectivity index (χ1n) is 18.5. The Morgan fingerprint density at radius 3 is 1.27 bits per heavy atom. The van der Waals surface area contributed by atoms with Gasteiger partial charge in [0, 0.05) is 33.2 Å². The Labute approximate surface area is 319 Å². The van der Waals surface area contributed by atoms with Crippen LogP contribution in [0, 0.1) is 0 Å². The first-order valence-corrected chi connectivity index (χ1v) is 18.5. The largest absolute Gasteiger partial charge is 0.309 e. The van der Waals surface area contributed by atoms with Crippen molar-refractivity contribution in [2.24, 2.45) is 0 Å². The Hall–Kier alpha value is -7.43. The average molecular weight is 703 g/mol. The van der Waals surface area contributed by atoms with E-state index in [1.165, 1.54) is 22.3 Å². The van der Waals surface area contributed by atoms with Crippen molar-refractivity contribution in [2.45, 2.75) is 0 Å². The maximum Gasteiger partial charge on any atom is 0.164 e. The number of hydrogen-bond acceptors (Lipinski definition) is 3. The summed E-state index contributed by atoms with van der Waals surface area (Å²) in [7, 11) is 0. The standard InChI is InChI=1S/C51H34N4/c1-6-17-35(18-7-1)40-31-41(36-19-8-2-9-20-36)33-42(32-40)39-29-30-46-45(34-39)48-44(27-16-28-47(48)55(46)43-25-14-5-15-26-43)51-53-49(37-21-10-3-11-22-37)52-50(54-51)38-23-12-4-13-24-38/h1-34H. The Morgan fingerprint density at radius 2 is 0.745 bits per heavy atom. The zero-order chi connectivity index (χ0) is 36.6. The SMILES string of the molecule is c1ccc(-c2cc(-c3ccccc3)cc(-c3ccc4c(c3)c3c(-c5nc(-c6ccccc6)nc(-c6ccccc6)n5)cccc3n4-c3ccccc3)c2)cc1. The Kier molecular flexibility index (Phi) is 8.12. The number of benzene rings is 8. The molecular formula is C51H34N4. The van der Waals surface area contributed by atoms with Crippen molar-refractivity contribution in [1.82, 2.24) is 19.5 Å². The molecule has 0 radical (unpaired) electrons. The zero-order valence-electron chi connectivity index (χ0n) is 29.9. The number of aromatic nitrogens is 4. The van der Waals surface area contributed by atoms with E-state index in [1.54, 1.807) is 0 Å². The topological polar surface area (TPSA) is 43.6 Å². The van der Waals surface area contributed by atoms with Crippen LogP contribution in [0.3, 0.4) is 0 Å². The molecule has 0 aliphatic rings. The quantitative estimate of drug-likeness (QED) is 0.166. The van der Waals surface area contributed by atoms with Gasteiger partial charge in [0.1, 0.15) is 0 Å². The number of fused-ring (bicyclic) bond motifs is 3. The van der Waals surface area contributed by atoms with Gasteiger partial charge in [-0.2, -0.15) is 0 Å². The summed E-state index contributed by atoms with van der Waals surface area (Å²) in [6, 6.07) is 72.4. The third-order valence-electron chi connectivity index (χ3n) is 10.2. The second-order valence-electron chi connectivity index (χ2n) is 13.7. The molecule has 0 N–H and O–H groups in total. The molecule has 10 aromatic rings. The van der Waals surface area contributed by atoms with E-state index in [2.05, 4.69) is 174 Å². The molecule has 8 aromatic carbocycles. The molecule has 0 amide bonds. The highest BCUT2D eigenvalue weighted by atomic mass is 15.0. The van der Waals surface area contributed by atoms with Gasteiger partial charge < -0.3 is 4.57 Å².